The Balaban J connectivity index is 0.902. The van der Waals surface area contributed by atoms with E-state index in [0.29, 0.717) is 0 Å². The summed E-state index contributed by atoms with van der Waals surface area (Å²) in [7, 11) is 0. The molecule has 0 saturated heterocycles. The van der Waals surface area contributed by atoms with Gasteiger partial charge in [-0.05, 0) is 170 Å². The topological polar surface area (TPSA) is 13.0 Å². The van der Waals surface area contributed by atoms with Crippen molar-refractivity contribution in [3.63, 3.8) is 0 Å². The van der Waals surface area contributed by atoms with Crippen molar-refractivity contribution in [2.24, 2.45) is 0 Å². The lowest BCUT2D eigenvalue weighted by Crippen LogP contribution is -2.64. The lowest BCUT2D eigenvalue weighted by atomic mass is 9.31. The third-order valence-corrected chi connectivity index (χ3v) is 21.9. The molecule has 0 radical (unpaired) electrons. The van der Waals surface area contributed by atoms with Gasteiger partial charge in [-0.1, -0.05) is 280 Å². The molecule has 0 unspecified atom stereocenters. The number of fused-ring (bicyclic) bond motifs is 8. The molecule has 0 spiro atoms. The van der Waals surface area contributed by atoms with Gasteiger partial charge in [0.25, 0.3) is 0 Å². The van der Waals surface area contributed by atoms with Crippen LogP contribution in [-0.4, -0.2) is 13.4 Å². The van der Waals surface area contributed by atoms with Gasteiger partial charge in [-0.25, -0.2) is 0 Å². The number of anilines is 12. The molecule has 0 bridgehead atoms. The molecule has 4 aliphatic rings. The predicted molar refractivity (Wildman–Crippen MR) is 411 cm³/mol. The van der Waals surface area contributed by atoms with E-state index in [9.17, 15) is 0 Å². The first-order chi connectivity index (χ1) is 47.3. The SMILES string of the molecule is CC(C)(C)c1ccc(-c2ccccc2N2c3cc4c(cc3B3c5ccccc5Sc5cc(N(c6ccc(-c7ccccc7)cc6)c6cccc(-c7ccccc7)c6)cc2c53)B2c3ccccc3N(c3ccccc3)c3cc(N(c5ccccc5)c5ccccc5)cc(c32)S4)cc1. The number of hydrogen-bond donors (Lipinski definition) is 0. The molecule has 0 N–H and O–H groups in total. The van der Waals surface area contributed by atoms with Crippen LogP contribution in [0.15, 0.2) is 353 Å². The van der Waals surface area contributed by atoms with Gasteiger partial charge >= 0.3 is 0 Å². The molecule has 14 aromatic rings. The van der Waals surface area contributed by atoms with Crippen LogP contribution in [0.3, 0.4) is 0 Å². The second-order valence-corrected chi connectivity index (χ2v) is 28.6. The molecule has 4 heterocycles. The molecule has 8 heteroatoms. The Labute approximate surface area is 572 Å². The molecule has 18 rings (SSSR count). The van der Waals surface area contributed by atoms with Gasteiger partial charge in [0.15, 0.2) is 0 Å². The summed E-state index contributed by atoms with van der Waals surface area (Å²) in [6.07, 6.45) is 0. The van der Waals surface area contributed by atoms with Crippen LogP contribution in [0.1, 0.15) is 26.3 Å². The van der Waals surface area contributed by atoms with Gasteiger partial charge in [0.1, 0.15) is 0 Å². The minimum Gasteiger partial charge on any atom is -0.311 e. The fourth-order valence-electron chi connectivity index (χ4n) is 15.2. The predicted octanol–water partition coefficient (Wildman–Crippen LogP) is 20.5. The Hall–Kier alpha value is -10.9. The van der Waals surface area contributed by atoms with E-state index < -0.39 is 0 Å². The summed E-state index contributed by atoms with van der Waals surface area (Å²) in [6.45, 7) is 6.74. The van der Waals surface area contributed by atoms with Crippen molar-refractivity contribution in [3.8, 4) is 33.4 Å². The van der Waals surface area contributed by atoms with Crippen molar-refractivity contribution in [2.75, 3.05) is 19.6 Å². The molecule has 14 aromatic carbocycles. The fourth-order valence-corrected chi connectivity index (χ4v) is 17.6. The summed E-state index contributed by atoms with van der Waals surface area (Å²) in [6, 6.07) is 124. The van der Waals surface area contributed by atoms with Crippen LogP contribution in [0.5, 0.6) is 0 Å². The van der Waals surface area contributed by atoms with Gasteiger partial charge < -0.3 is 19.6 Å². The number of benzene rings is 14. The Bertz CT molecular complexity index is 5260. The van der Waals surface area contributed by atoms with Crippen molar-refractivity contribution in [3.05, 3.63) is 339 Å². The van der Waals surface area contributed by atoms with E-state index in [-0.39, 0.29) is 18.8 Å². The van der Waals surface area contributed by atoms with Crippen LogP contribution in [0.25, 0.3) is 33.4 Å². The average molecular weight is 1260 g/mol. The van der Waals surface area contributed by atoms with Gasteiger partial charge in [0, 0.05) is 87.7 Å². The maximum atomic E-state index is 2.66. The Morgan fingerprint density at radius 2 is 0.740 bits per heavy atom. The monoisotopic (exact) mass is 1260 g/mol. The quantitative estimate of drug-likeness (QED) is 0.119. The molecule has 4 aliphatic heterocycles. The summed E-state index contributed by atoms with van der Waals surface area (Å²) >= 11 is 3.83. The van der Waals surface area contributed by atoms with Gasteiger partial charge in [-0.2, -0.15) is 0 Å². The molecular weight excluding hydrogens is 1200 g/mol. The minimum atomic E-state index is -0.0884. The summed E-state index contributed by atoms with van der Waals surface area (Å²) in [5, 5.41) is 0. The van der Waals surface area contributed by atoms with Crippen molar-refractivity contribution >= 4 is 138 Å². The third kappa shape index (κ3) is 9.88. The van der Waals surface area contributed by atoms with E-state index >= 15 is 0 Å². The second-order valence-electron chi connectivity index (χ2n) is 26.4. The first-order valence-electron chi connectivity index (χ1n) is 33.2. The first kappa shape index (κ1) is 57.7. The Morgan fingerprint density at radius 1 is 0.271 bits per heavy atom. The third-order valence-electron chi connectivity index (χ3n) is 19.7. The van der Waals surface area contributed by atoms with E-state index in [1.54, 1.807) is 0 Å². The van der Waals surface area contributed by atoms with E-state index in [2.05, 4.69) is 374 Å². The van der Waals surface area contributed by atoms with Crippen molar-refractivity contribution in [1.82, 2.24) is 0 Å². The van der Waals surface area contributed by atoms with Gasteiger partial charge in [0.05, 0.1) is 5.69 Å². The summed E-state index contributed by atoms with van der Waals surface area (Å²) in [5.74, 6) is 0. The highest BCUT2D eigenvalue weighted by Gasteiger charge is 2.47. The standard InChI is InChI=1S/C88H64B2N4S2/c1-88(2,3)64-48-44-62(45-49-64)72-38-19-22-41-77(72)94-79-58-83-76(89-73-39-20-23-42-78(73)93(67-35-17-8-18-36-67)80-53-70(55-85(96-83)86(80)89)91(65-31-13-6-14-32-65)66-33-15-7-16-34-66)57-75(79)90-74-40-21-24-43-82(74)95-84-56-71(54-81(94)87(84)90)92(68-50-46-61(47-51-68)59-26-9-4-10-27-59)69-37-25-30-63(52-69)60-28-11-5-12-29-60/h4-58H,1-3H3. The van der Waals surface area contributed by atoms with Crippen LogP contribution < -0.4 is 52.4 Å². The molecule has 0 amide bonds. The number of para-hydroxylation sites is 5. The molecule has 96 heavy (non-hydrogen) atoms. The molecule has 4 nitrogen and oxygen atoms in total. The molecule has 454 valence electrons. The minimum absolute atomic E-state index is 0.00233. The van der Waals surface area contributed by atoms with Crippen LogP contribution >= 0.6 is 23.5 Å². The van der Waals surface area contributed by atoms with Gasteiger partial charge in [-0.3, -0.25) is 0 Å². The van der Waals surface area contributed by atoms with Gasteiger partial charge in [-0.15, -0.1) is 0 Å². The van der Waals surface area contributed by atoms with Crippen molar-refractivity contribution < 1.29 is 0 Å². The number of hydrogen-bond acceptors (Lipinski definition) is 6. The Morgan fingerprint density at radius 3 is 1.39 bits per heavy atom. The maximum Gasteiger partial charge on any atom is 0.249 e. The van der Waals surface area contributed by atoms with Crippen LogP contribution in [0.2, 0.25) is 0 Å². The average Bonchev–Trinajstić information content (AvgIpc) is 0.696. The normalized spacial score (nSPS) is 13.0. The molecule has 0 aromatic heterocycles. The summed E-state index contributed by atoms with van der Waals surface area (Å²) < 4.78 is 0. The molecular formula is C88H64B2N4S2. The number of rotatable bonds is 11. The second kappa shape index (κ2) is 23.5. The Kier molecular flexibility index (Phi) is 14.2. The molecule has 0 atom stereocenters. The van der Waals surface area contributed by atoms with Crippen LogP contribution in [0, 0.1) is 0 Å². The lowest BCUT2D eigenvalue weighted by Gasteiger charge is -2.44. The van der Waals surface area contributed by atoms with Crippen LogP contribution in [0.4, 0.5) is 68.2 Å². The molecule has 0 aliphatic carbocycles. The van der Waals surface area contributed by atoms with E-state index in [1.165, 1.54) is 108 Å². The lowest BCUT2D eigenvalue weighted by molar-refractivity contribution is 0.590. The number of nitrogens with zero attached hydrogens (tertiary/aromatic N) is 4. The zero-order valence-corrected chi connectivity index (χ0v) is 55.1. The summed E-state index contributed by atoms with van der Waals surface area (Å²) in [5.41, 5.74) is 29.8. The zero-order chi connectivity index (χ0) is 64.0. The highest BCUT2D eigenvalue weighted by atomic mass is 32.2. The smallest absolute Gasteiger partial charge is 0.249 e. The fraction of sp³-hybridized carbons (Fsp3) is 0.0455. The van der Waals surface area contributed by atoms with Gasteiger partial charge in [0.2, 0.25) is 13.4 Å². The molecule has 0 fully saturated rings. The van der Waals surface area contributed by atoms with Crippen molar-refractivity contribution in [1.29, 1.82) is 0 Å². The van der Waals surface area contributed by atoms with Crippen molar-refractivity contribution in [2.45, 2.75) is 45.8 Å². The van der Waals surface area contributed by atoms with E-state index in [0.717, 1.165) is 51.1 Å². The molecule has 0 saturated carbocycles. The summed E-state index contributed by atoms with van der Waals surface area (Å²) in [4.78, 5) is 15.1. The van der Waals surface area contributed by atoms with Crippen LogP contribution in [-0.2, 0) is 5.41 Å². The highest BCUT2D eigenvalue weighted by molar-refractivity contribution is 8.00. The van der Waals surface area contributed by atoms with E-state index in [4.69, 9.17) is 0 Å². The largest absolute Gasteiger partial charge is 0.311 e. The maximum absolute atomic E-state index is 2.66. The highest BCUT2D eigenvalue weighted by Crippen LogP contribution is 2.52. The first-order valence-corrected chi connectivity index (χ1v) is 34.8. The van der Waals surface area contributed by atoms with E-state index in [1.807, 2.05) is 23.5 Å². The zero-order valence-electron chi connectivity index (χ0n) is 53.5.